The molecule has 3 nitrogen and oxygen atoms in total. The highest BCUT2D eigenvalue weighted by Crippen LogP contribution is 2.26. The molecule has 0 aliphatic heterocycles. The summed E-state index contributed by atoms with van der Waals surface area (Å²) >= 11 is 0. The molecule has 0 bridgehead atoms. The van der Waals surface area contributed by atoms with E-state index in [0.29, 0.717) is 0 Å². The molecule has 1 heterocycles. The molecule has 20 heavy (non-hydrogen) atoms. The summed E-state index contributed by atoms with van der Waals surface area (Å²) in [6.07, 6.45) is 4.23. The highest BCUT2D eigenvalue weighted by atomic mass is 15.0. The predicted octanol–water partition coefficient (Wildman–Crippen LogP) is 3.30. The standard InChI is InChI=1S/C17H21N3/c1-3-18-17-14-9-6-10-15(14)19-16(20-17)11-13-8-5-4-7-12(13)2/h4-5,7-8H,3,6,9-11H2,1-2H3,(H,18,19,20). The molecular formula is C17H21N3. The van der Waals surface area contributed by atoms with Gasteiger partial charge in [0, 0.05) is 24.2 Å². The molecule has 0 fully saturated rings. The lowest BCUT2D eigenvalue weighted by Crippen LogP contribution is -2.09. The number of rotatable bonds is 4. The molecule has 104 valence electrons. The van der Waals surface area contributed by atoms with E-state index in [1.165, 1.54) is 28.8 Å². The second-order valence-electron chi connectivity index (χ2n) is 5.40. The van der Waals surface area contributed by atoms with Crippen molar-refractivity contribution < 1.29 is 0 Å². The first-order valence-corrected chi connectivity index (χ1v) is 7.45. The summed E-state index contributed by atoms with van der Waals surface area (Å²) in [5.74, 6) is 1.99. The number of hydrogen-bond acceptors (Lipinski definition) is 3. The number of benzene rings is 1. The third-order valence-corrected chi connectivity index (χ3v) is 3.93. The average Bonchev–Trinajstić information content (AvgIpc) is 2.90. The summed E-state index contributed by atoms with van der Waals surface area (Å²) in [4.78, 5) is 9.53. The van der Waals surface area contributed by atoms with Crippen LogP contribution < -0.4 is 5.32 Å². The number of nitrogens with one attached hydrogen (secondary N) is 1. The summed E-state index contributed by atoms with van der Waals surface area (Å²) in [6.45, 7) is 5.17. The summed E-state index contributed by atoms with van der Waals surface area (Å²) in [6, 6.07) is 8.47. The maximum atomic E-state index is 4.78. The molecule has 3 rings (SSSR count). The first-order chi connectivity index (χ1) is 9.78. The van der Waals surface area contributed by atoms with Crippen LogP contribution in [0.25, 0.3) is 0 Å². The molecule has 1 aromatic carbocycles. The Hall–Kier alpha value is -1.90. The van der Waals surface area contributed by atoms with Crippen LogP contribution in [0.3, 0.4) is 0 Å². The molecule has 3 heteroatoms. The van der Waals surface area contributed by atoms with Gasteiger partial charge in [-0.2, -0.15) is 0 Å². The number of aryl methyl sites for hydroxylation is 2. The molecular weight excluding hydrogens is 246 g/mol. The summed E-state index contributed by atoms with van der Waals surface area (Å²) in [5, 5.41) is 3.40. The Bertz CT molecular complexity index is 620. The maximum Gasteiger partial charge on any atom is 0.135 e. The van der Waals surface area contributed by atoms with Crippen LogP contribution in [-0.2, 0) is 19.3 Å². The average molecular weight is 267 g/mol. The van der Waals surface area contributed by atoms with Crippen LogP contribution in [0, 0.1) is 6.92 Å². The van der Waals surface area contributed by atoms with E-state index in [9.17, 15) is 0 Å². The largest absolute Gasteiger partial charge is 0.370 e. The molecule has 2 aromatic rings. The Balaban J connectivity index is 1.94. The van der Waals surface area contributed by atoms with Gasteiger partial charge < -0.3 is 5.32 Å². The van der Waals surface area contributed by atoms with Gasteiger partial charge in [-0.05, 0) is 44.2 Å². The predicted molar refractivity (Wildman–Crippen MR) is 82.2 cm³/mol. The number of aromatic nitrogens is 2. The van der Waals surface area contributed by atoms with Gasteiger partial charge in [0.1, 0.15) is 11.6 Å². The summed E-state index contributed by atoms with van der Waals surface area (Å²) in [5.41, 5.74) is 5.20. The Morgan fingerprint density at radius 3 is 2.80 bits per heavy atom. The maximum absolute atomic E-state index is 4.78. The lowest BCUT2D eigenvalue weighted by atomic mass is 10.1. The Morgan fingerprint density at radius 1 is 1.15 bits per heavy atom. The quantitative estimate of drug-likeness (QED) is 0.923. The molecule has 0 unspecified atom stereocenters. The molecule has 0 amide bonds. The van der Waals surface area contributed by atoms with Crippen LogP contribution >= 0.6 is 0 Å². The molecule has 1 aromatic heterocycles. The Morgan fingerprint density at radius 2 is 2.00 bits per heavy atom. The van der Waals surface area contributed by atoms with Gasteiger partial charge in [-0.25, -0.2) is 9.97 Å². The number of anilines is 1. The van der Waals surface area contributed by atoms with Gasteiger partial charge in [0.25, 0.3) is 0 Å². The van der Waals surface area contributed by atoms with Crippen molar-refractivity contribution in [3.8, 4) is 0 Å². The lowest BCUT2D eigenvalue weighted by Gasteiger charge is -2.11. The first kappa shape index (κ1) is 13.1. The van der Waals surface area contributed by atoms with E-state index in [4.69, 9.17) is 9.97 Å². The molecule has 0 saturated heterocycles. The van der Waals surface area contributed by atoms with Crippen molar-refractivity contribution in [2.45, 2.75) is 39.5 Å². The molecule has 1 aliphatic rings. The Kier molecular flexibility index (Phi) is 3.68. The van der Waals surface area contributed by atoms with Crippen molar-refractivity contribution in [1.29, 1.82) is 0 Å². The molecule has 1 aliphatic carbocycles. The van der Waals surface area contributed by atoms with Crippen LogP contribution in [0.5, 0.6) is 0 Å². The SMILES string of the molecule is CCNc1nc(Cc2ccccc2C)nc2c1CCC2. The first-order valence-electron chi connectivity index (χ1n) is 7.45. The van der Waals surface area contributed by atoms with E-state index in [2.05, 4.69) is 43.4 Å². The second kappa shape index (κ2) is 5.61. The zero-order valence-electron chi connectivity index (χ0n) is 12.2. The third kappa shape index (κ3) is 2.53. The van der Waals surface area contributed by atoms with Crippen LogP contribution in [0.4, 0.5) is 5.82 Å². The zero-order valence-corrected chi connectivity index (χ0v) is 12.2. The van der Waals surface area contributed by atoms with Crippen molar-refractivity contribution in [2.24, 2.45) is 0 Å². The van der Waals surface area contributed by atoms with E-state index in [0.717, 1.165) is 37.4 Å². The fourth-order valence-corrected chi connectivity index (χ4v) is 2.86. The van der Waals surface area contributed by atoms with Crippen molar-refractivity contribution >= 4 is 5.82 Å². The molecule has 0 saturated carbocycles. The number of fused-ring (bicyclic) bond motifs is 1. The summed E-state index contributed by atoms with van der Waals surface area (Å²) in [7, 11) is 0. The monoisotopic (exact) mass is 267 g/mol. The van der Waals surface area contributed by atoms with Crippen molar-refractivity contribution in [2.75, 3.05) is 11.9 Å². The van der Waals surface area contributed by atoms with Gasteiger partial charge in [-0.1, -0.05) is 24.3 Å². The van der Waals surface area contributed by atoms with Gasteiger partial charge >= 0.3 is 0 Å². The van der Waals surface area contributed by atoms with E-state index in [1.807, 2.05) is 0 Å². The molecule has 0 atom stereocenters. The second-order valence-corrected chi connectivity index (χ2v) is 5.40. The van der Waals surface area contributed by atoms with Crippen LogP contribution in [0.15, 0.2) is 24.3 Å². The van der Waals surface area contributed by atoms with Gasteiger partial charge in [-0.3, -0.25) is 0 Å². The highest BCUT2D eigenvalue weighted by molar-refractivity contribution is 5.49. The van der Waals surface area contributed by atoms with Gasteiger partial charge in [-0.15, -0.1) is 0 Å². The molecule has 0 radical (unpaired) electrons. The minimum Gasteiger partial charge on any atom is -0.370 e. The summed E-state index contributed by atoms with van der Waals surface area (Å²) < 4.78 is 0. The zero-order chi connectivity index (χ0) is 13.9. The van der Waals surface area contributed by atoms with E-state index >= 15 is 0 Å². The smallest absolute Gasteiger partial charge is 0.135 e. The van der Waals surface area contributed by atoms with Gasteiger partial charge in [0.05, 0.1) is 0 Å². The fraction of sp³-hybridized carbons (Fsp3) is 0.412. The van der Waals surface area contributed by atoms with Crippen molar-refractivity contribution in [3.05, 3.63) is 52.5 Å². The molecule has 1 N–H and O–H groups in total. The third-order valence-electron chi connectivity index (χ3n) is 3.93. The number of hydrogen-bond donors (Lipinski definition) is 1. The minimum absolute atomic E-state index is 0.818. The Labute approximate surface area is 120 Å². The molecule has 0 spiro atoms. The normalized spacial score (nSPS) is 13.3. The van der Waals surface area contributed by atoms with E-state index in [1.54, 1.807) is 0 Å². The fourth-order valence-electron chi connectivity index (χ4n) is 2.86. The van der Waals surface area contributed by atoms with E-state index in [-0.39, 0.29) is 0 Å². The highest BCUT2D eigenvalue weighted by Gasteiger charge is 2.19. The van der Waals surface area contributed by atoms with Crippen molar-refractivity contribution in [3.63, 3.8) is 0 Å². The lowest BCUT2D eigenvalue weighted by molar-refractivity contribution is 0.884. The van der Waals surface area contributed by atoms with E-state index < -0.39 is 0 Å². The van der Waals surface area contributed by atoms with Crippen LogP contribution in [0.2, 0.25) is 0 Å². The minimum atomic E-state index is 0.818. The van der Waals surface area contributed by atoms with Crippen molar-refractivity contribution in [1.82, 2.24) is 9.97 Å². The van der Waals surface area contributed by atoms with Crippen LogP contribution in [0.1, 0.15) is 41.6 Å². The van der Waals surface area contributed by atoms with Crippen LogP contribution in [-0.4, -0.2) is 16.5 Å². The topological polar surface area (TPSA) is 37.8 Å². The number of nitrogens with zero attached hydrogens (tertiary/aromatic N) is 2. The van der Waals surface area contributed by atoms with Gasteiger partial charge in [0.2, 0.25) is 0 Å². The van der Waals surface area contributed by atoms with Gasteiger partial charge in [0.15, 0.2) is 0 Å².